The number of primary sulfonamides is 1. The Balaban J connectivity index is 1.80. The lowest BCUT2D eigenvalue weighted by molar-refractivity contribution is 0.102. The molecule has 3 aromatic rings. The third kappa shape index (κ3) is 3.99. The van der Waals surface area contributed by atoms with Gasteiger partial charge in [0, 0.05) is 11.3 Å². The van der Waals surface area contributed by atoms with Crippen LogP contribution in [0.15, 0.2) is 47.4 Å². The molecule has 0 fully saturated rings. The second kappa shape index (κ2) is 6.86. The number of rotatable bonds is 4. The predicted molar refractivity (Wildman–Crippen MR) is 101 cm³/mol. The van der Waals surface area contributed by atoms with Crippen LogP contribution in [0.1, 0.15) is 21.6 Å². The number of aromatic amines is 1. The summed E-state index contributed by atoms with van der Waals surface area (Å²) >= 11 is 0. The highest BCUT2D eigenvalue weighted by atomic mass is 32.2. The lowest BCUT2D eigenvalue weighted by atomic mass is 10.0. The van der Waals surface area contributed by atoms with Crippen molar-refractivity contribution in [3.63, 3.8) is 0 Å². The number of H-pyrrole nitrogens is 1. The molecule has 0 aliphatic heterocycles. The van der Waals surface area contributed by atoms with Crippen LogP contribution in [0.4, 0.5) is 5.69 Å². The first-order valence-corrected chi connectivity index (χ1v) is 9.50. The molecule has 0 radical (unpaired) electrons. The molecule has 0 aliphatic rings. The van der Waals surface area contributed by atoms with E-state index < -0.39 is 15.9 Å². The zero-order valence-corrected chi connectivity index (χ0v) is 15.5. The Hall–Kier alpha value is -3.17. The minimum atomic E-state index is -3.79. The fraction of sp³-hybridized carbons (Fsp3) is 0.111. The van der Waals surface area contributed by atoms with E-state index in [-0.39, 0.29) is 16.3 Å². The SMILES string of the molecule is Cc1cc(O)c(-c2cc(C(=O)Nc3ccc(S(N)(=O)=O)cc3)[nH]n2)cc1C. The number of amides is 1. The van der Waals surface area contributed by atoms with E-state index in [4.69, 9.17) is 5.14 Å². The van der Waals surface area contributed by atoms with Crippen LogP contribution < -0.4 is 10.5 Å². The first-order chi connectivity index (χ1) is 12.6. The lowest BCUT2D eigenvalue weighted by Gasteiger charge is -2.06. The molecule has 3 rings (SSSR count). The van der Waals surface area contributed by atoms with Gasteiger partial charge in [0.2, 0.25) is 10.0 Å². The Morgan fingerprint density at radius 1 is 1.11 bits per heavy atom. The van der Waals surface area contributed by atoms with Crippen molar-refractivity contribution in [2.24, 2.45) is 5.14 Å². The molecule has 0 bridgehead atoms. The van der Waals surface area contributed by atoms with Crippen molar-refractivity contribution in [2.75, 3.05) is 5.32 Å². The van der Waals surface area contributed by atoms with Crippen LogP contribution in [-0.2, 0) is 10.0 Å². The Morgan fingerprint density at radius 2 is 1.74 bits per heavy atom. The summed E-state index contributed by atoms with van der Waals surface area (Å²) in [6, 6.07) is 10.4. The predicted octanol–water partition coefficient (Wildman–Crippen LogP) is 2.30. The van der Waals surface area contributed by atoms with Gasteiger partial charge in [-0.1, -0.05) is 0 Å². The van der Waals surface area contributed by atoms with E-state index in [0.717, 1.165) is 11.1 Å². The average molecular weight is 386 g/mol. The summed E-state index contributed by atoms with van der Waals surface area (Å²) in [4.78, 5) is 12.3. The van der Waals surface area contributed by atoms with Crippen molar-refractivity contribution in [3.8, 4) is 17.0 Å². The van der Waals surface area contributed by atoms with Crippen molar-refractivity contribution in [1.82, 2.24) is 10.2 Å². The van der Waals surface area contributed by atoms with E-state index in [2.05, 4.69) is 15.5 Å². The molecule has 1 amide bonds. The molecule has 8 nitrogen and oxygen atoms in total. The number of nitrogens with two attached hydrogens (primary N) is 1. The first-order valence-electron chi connectivity index (χ1n) is 7.95. The molecule has 0 spiro atoms. The molecular weight excluding hydrogens is 368 g/mol. The number of phenols is 1. The Morgan fingerprint density at radius 3 is 2.37 bits per heavy atom. The maximum atomic E-state index is 12.4. The molecule has 27 heavy (non-hydrogen) atoms. The Kier molecular flexibility index (Phi) is 4.73. The fourth-order valence-corrected chi connectivity index (χ4v) is 3.02. The molecule has 0 saturated carbocycles. The molecule has 2 aromatic carbocycles. The van der Waals surface area contributed by atoms with Crippen LogP contribution in [0.2, 0.25) is 0 Å². The molecule has 1 aromatic heterocycles. The number of aryl methyl sites for hydroxylation is 2. The lowest BCUT2D eigenvalue weighted by Crippen LogP contribution is -2.14. The van der Waals surface area contributed by atoms with Crippen LogP contribution in [0.5, 0.6) is 5.75 Å². The number of phenolic OH excluding ortho intramolecular Hbond substituents is 1. The van der Waals surface area contributed by atoms with E-state index in [0.29, 0.717) is 16.9 Å². The quantitative estimate of drug-likeness (QED) is 0.545. The number of nitrogens with zero attached hydrogens (tertiary/aromatic N) is 1. The van der Waals surface area contributed by atoms with Gasteiger partial charge in [0.15, 0.2) is 0 Å². The Labute approximate surface area is 156 Å². The number of sulfonamides is 1. The van der Waals surface area contributed by atoms with Gasteiger partial charge in [0.1, 0.15) is 11.4 Å². The smallest absolute Gasteiger partial charge is 0.273 e. The Bertz CT molecular complexity index is 1120. The molecule has 5 N–H and O–H groups in total. The van der Waals surface area contributed by atoms with Gasteiger partial charge in [-0.15, -0.1) is 0 Å². The van der Waals surface area contributed by atoms with Crippen LogP contribution in [0.25, 0.3) is 11.3 Å². The molecule has 1 heterocycles. The molecule has 140 valence electrons. The highest BCUT2D eigenvalue weighted by Crippen LogP contribution is 2.30. The van der Waals surface area contributed by atoms with Crippen LogP contribution in [-0.4, -0.2) is 29.6 Å². The summed E-state index contributed by atoms with van der Waals surface area (Å²) in [6.07, 6.45) is 0. The zero-order valence-electron chi connectivity index (χ0n) is 14.6. The highest BCUT2D eigenvalue weighted by Gasteiger charge is 2.15. The number of anilines is 1. The second-order valence-corrected chi connectivity index (χ2v) is 7.71. The third-order valence-electron chi connectivity index (χ3n) is 4.15. The van der Waals surface area contributed by atoms with Gasteiger partial charge in [-0.05, 0) is 67.4 Å². The standard InChI is InChI=1S/C18H18N4O4S/c1-10-7-14(17(23)8-11(10)2)15-9-16(22-21-15)18(24)20-12-3-5-13(6-4-12)27(19,25)26/h3-9,23H,1-2H3,(H,20,24)(H,21,22)(H2,19,25,26). The van der Waals surface area contributed by atoms with Crippen molar-refractivity contribution < 1.29 is 18.3 Å². The molecule has 0 unspecified atom stereocenters. The number of hydrogen-bond acceptors (Lipinski definition) is 5. The summed E-state index contributed by atoms with van der Waals surface area (Å²) in [6.45, 7) is 3.81. The summed E-state index contributed by atoms with van der Waals surface area (Å²) in [5.41, 5.74) is 3.49. The summed E-state index contributed by atoms with van der Waals surface area (Å²) in [5.74, 6) is -0.379. The molecule has 9 heteroatoms. The maximum absolute atomic E-state index is 12.4. The first kappa shape index (κ1) is 18.6. The van der Waals surface area contributed by atoms with Gasteiger partial charge in [0.25, 0.3) is 5.91 Å². The number of aromatic hydroxyl groups is 1. The average Bonchev–Trinajstić information content (AvgIpc) is 3.08. The van der Waals surface area contributed by atoms with Gasteiger partial charge in [0.05, 0.1) is 10.6 Å². The summed E-state index contributed by atoms with van der Waals surface area (Å²) in [7, 11) is -3.79. The van der Waals surface area contributed by atoms with E-state index in [1.807, 2.05) is 13.8 Å². The number of carbonyl (C=O) groups is 1. The molecule has 0 atom stereocenters. The van der Waals surface area contributed by atoms with Gasteiger partial charge in [-0.2, -0.15) is 5.10 Å². The van der Waals surface area contributed by atoms with E-state index in [9.17, 15) is 18.3 Å². The molecular formula is C18H18N4O4S. The number of aromatic nitrogens is 2. The number of carbonyl (C=O) groups excluding carboxylic acids is 1. The molecule has 0 aliphatic carbocycles. The maximum Gasteiger partial charge on any atom is 0.273 e. The second-order valence-electron chi connectivity index (χ2n) is 6.14. The van der Waals surface area contributed by atoms with E-state index >= 15 is 0 Å². The van der Waals surface area contributed by atoms with Gasteiger partial charge in [-0.3, -0.25) is 9.89 Å². The topological polar surface area (TPSA) is 138 Å². The number of benzene rings is 2. The van der Waals surface area contributed by atoms with Crippen LogP contribution in [0, 0.1) is 13.8 Å². The van der Waals surface area contributed by atoms with Crippen molar-refractivity contribution in [1.29, 1.82) is 0 Å². The van der Waals surface area contributed by atoms with Gasteiger partial charge in [-0.25, -0.2) is 13.6 Å². The highest BCUT2D eigenvalue weighted by molar-refractivity contribution is 7.89. The normalized spacial score (nSPS) is 11.4. The van der Waals surface area contributed by atoms with Gasteiger partial charge < -0.3 is 10.4 Å². The van der Waals surface area contributed by atoms with Crippen LogP contribution in [0.3, 0.4) is 0 Å². The summed E-state index contributed by atoms with van der Waals surface area (Å²) < 4.78 is 22.5. The van der Waals surface area contributed by atoms with Gasteiger partial charge >= 0.3 is 0 Å². The van der Waals surface area contributed by atoms with E-state index in [1.165, 1.54) is 30.3 Å². The van der Waals surface area contributed by atoms with Crippen molar-refractivity contribution in [2.45, 2.75) is 18.7 Å². The third-order valence-corrected chi connectivity index (χ3v) is 5.08. The zero-order chi connectivity index (χ0) is 19.8. The minimum absolute atomic E-state index is 0.0467. The monoisotopic (exact) mass is 386 g/mol. The van der Waals surface area contributed by atoms with Crippen LogP contribution >= 0.6 is 0 Å². The van der Waals surface area contributed by atoms with E-state index in [1.54, 1.807) is 12.1 Å². The van der Waals surface area contributed by atoms with Crippen molar-refractivity contribution >= 4 is 21.6 Å². The number of nitrogens with one attached hydrogen (secondary N) is 2. The van der Waals surface area contributed by atoms with Crippen molar-refractivity contribution in [3.05, 3.63) is 59.3 Å². The minimum Gasteiger partial charge on any atom is -0.507 e. The largest absolute Gasteiger partial charge is 0.507 e. The molecule has 0 saturated heterocycles. The summed E-state index contributed by atoms with van der Waals surface area (Å²) in [5, 5.41) is 24.5. The number of hydrogen-bond donors (Lipinski definition) is 4. The fourth-order valence-electron chi connectivity index (χ4n) is 2.51.